The van der Waals surface area contributed by atoms with Gasteiger partial charge in [0.05, 0.1) is 6.61 Å². The fourth-order valence-electron chi connectivity index (χ4n) is 2.23. The minimum atomic E-state index is 0.178. The normalized spacial score (nSPS) is 17.4. The Bertz CT molecular complexity index is 455. The molecular formula is C13H22ClN5O. The predicted molar refractivity (Wildman–Crippen MR) is 79.5 cm³/mol. The van der Waals surface area contributed by atoms with Crippen molar-refractivity contribution >= 4 is 17.5 Å². The van der Waals surface area contributed by atoms with Crippen LogP contribution in [-0.2, 0) is 0 Å². The number of nitrogens with zero attached hydrogens (tertiary/aromatic N) is 5. The summed E-state index contributed by atoms with van der Waals surface area (Å²) < 4.78 is 5.31. The third-order valence-corrected chi connectivity index (χ3v) is 3.53. The van der Waals surface area contributed by atoms with Crippen LogP contribution in [0.5, 0.6) is 6.01 Å². The van der Waals surface area contributed by atoms with E-state index in [0.29, 0.717) is 18.6 Å². The lowest BCUT2D eigenvalue weighted by Gasteiger charge is -2.42. The van der Waals surface area contributed by atoms with Gasteiger partial charge < -0.3 is 9.64 Å². The van der Waals surface area contributed by atoms with Crippen molar-refractivity contribution < 1.29 is 4.74 Å². The fraction of sp³-hybridized carbons (Fsp3) is 0.769. The number of aromatic nitrogens is 3. The van der Waals surface area contributed by atoms with E-state index in [4.69, 9.17) is 16.3 Å². The van der Waals surface area contributed by atoms with Gasteiger partial charge in [0, 0.05) is 31.7 Å². The monoisotopic (exact) mass is 299 g/mol. The molecule has 0 atom stereocenters. The Balaban J connectivity index is 2.07. The van der Waals surface area contributed by atoms with Gasteiger partial charge in [-0.25, -0.2) is 0 Å². The number of piperazine rings is 1. The molecule has 7 heteroatoms. The highest BCUT2D eigenvalue weighted by atomic mass is 35.5. The first-order chi connectivity index (χ1) is 9.40. The minimum Gasteiger partial charge on any atom is -0.464 e. The molecule has 1 aliphatic heterocycles. The maximum Gasteiger partial charge on any atom is 0.322 e. The van der Waals surface area contributed by atoms with E-state index < -0.39 is 0 Å². The van der Waals surface area contributed by atoms with E-state index in [2.05, 4.69) is 45.5 Å². The number of rotatable bonds is 3. The van der Waals surface area contributed by atoms with E-state index in [0.717, 1.165) is 26.2 Å². The van der Waals surface area contributed by atoms with Gasteiger partial charge in [0.25, 0.3) is 0 Å². The topological polar surface area (TPSA) is 54.4 Å². The molecule has 0 aromatic carbocycles. The Hall–Kier alpha value is -1.14. The van der Waals surface area contributed by atoms with Crippen molar-refractivity contribution in [2.24, 2.45) is 0 Å². The molecule has 6 nitrogen and oxygen atoms in total. The molecule has 1 fully saturated rings. The standard InChI is InChI=1S/C13H22ClN5O/c1-5-20-12-16-10(14)15-11(17-12)18-6-8-19(9-7-18)13(2,3)4/h5-9H2,1-4H3. The van der Waals surface area contributed by atoms with Gasteiger partial charge in [-0.05, 0) is 39.3 Å². The Labute approximate surface area is 125 Å². The quantitative estimate of drug-likeness (QED) is 0.849. The van der Waals surface area contributed by atoms with Gasteiger partial charge in [0.15, 0.2) is 0 Å². The molecule has 0 radical (unpaired) electrons. The van der Waals surface area contributed by atoms with Gasteiger partial charge in [0.1, 0.15) is 0 Å². The Morgan fingerprint density at radius 2 is 1.75 bits per heavy atom. The van der Waals surface area contributed by atoms with Gasteiger partial charge in [-0.3, -0.25) is 4.90 Å². The molecule has 1 aliphatic rings. The summed E-state index contributed by atoms with van der Waals surface area (Å²) >= 11 is 5.93. The molecule has 1 saturated heterocycles. The van der Waals surface area contributed by atoms with Gasteiger partial charge in [-0.15, -0.1) is 0 Å². The fourth-order valence-corrected chi connectivity index (χ4v) is 2.38. The van der Waals surface area contributed by atoms with E-state index in [1.807, 2.05) is 6.92 Å². The summed E-state index contributed by atoms with van der Waals surface area (Å²) in [6.07, 6.45) is 0. The molecule has 20 heavy (non-hydrogen) atoms. The van der Waals surface area contributed by atoms with Gasteiger partial charge in [-0.1, -0.05) is 0 Å². The van der Waals surface area contributed by atoms with Crippen LogP contribution in [0.25, 0.3) is 0 Å². The highest BCUT2D eigenvalue weighted by Gasteiger charge is 2.27. The lowest BCUT2D eigenvalue weighted by Crippen LogP contribution is -2.53. The molecule has 1 aromatic rings. The van der Waals surface area contributed by atoms with E-state index in [-0.39, 0.29) is 10.8 Å². The number of halogens is 1. The first-order valence-electron chi connectivity index (χ1n) is 6.94. The third-order valence-electron chi connectivity index (χ3n) is 3.36. The summed E-state index contributed by atoms with van der Waals surface area (Å²) in [6, 6.07) is 0.292. The zero-order valence-corrected chi connectivity index (χ0v) is 13.3. The summed E-state index contributed by atoms with van der Waals surface area (Å²) in [7, 11) is 0. The summed E-state index contributed by atoms with van der Waals surface area (Å²) in [6.45, 7) is 12.8. The SMILES string of the molecule is CCOc1nc(Cl)nc(N2CCN(C(C)(C)C)CC2)n1. The largest absolute Gasteiger partial charge is 0.464 e. The van der Waals surface area contributed by atoms with Crippen LogP contribution in [0.3, 0.4) is 0 Å². The zero-order chi connectivity index (χ0) is 14.8. The Morgan fingerprint density at radius 3 is 2.30 bits per heavy atom. The highest BCUT2D eigenvalue weighted by molar-refractivity contribution is 6.28. The molecule has 0 N–H and O–H groups in total. The van der Waals surface area contributed by atoms with Crippen molar-refractivity contribution in [3.05, 3.63) is 5.28 Å². The lowest BCUT2D eigenvalue weighted by atomic mass is 10.1. The molecule has 0 saturated carbocycles. The summed E-state index contributed by atoms with van der Waals surface area (Å²) in [4.78, 5) is 17.0. The average molecular weight is 300 g/mol. The van der Waals surface area contributed by atoms with Crippen LogP contribution < -0.4 is 9.64 Å². The van der Waals surface area contributed by atoms with Crippen molar-refractivity contribution in [1.82, 2.24) is 19.9 Å². The summed E-state index contributed by atoms with van der Waals surface area (Å²) in [5, 5.41) is 0.178. The van der Waals surface area contributed by atoms with Crippen LogP contribution in [0, 0.1) is 0 Å². The van der Waals surface area contributed by atoms with Crippen molar-refractivity contribution in [1.29, 1.82) is 0 Å². The van der Waals surface area contributed by atoms with Gasteiger partial charge >= 0.3 is 6.01 Å². The Morgan fingerprint density at radius 1 is 1.10 bits per heavy atom. The van der Waals surface area contributed by atoms with E-state index >= 15 is 0 Å². The maximum absolute atomic E-state index is 5.93. The van der Waals surface area contributed by atoms with Gasteiger partial charge in [0.2, 0.25) is 11.2 Å². The third kappa shape index (κ3) is 3.70. The number of anilines is 1. The van der Waals surface area contributed by atoms with Crippen LogP contribution in [-0.4, -0.2) is 58.2 Å². The Kier molecular flexibility index (Phi) is 4.65. The molecule has 1 aromatic heterocycles. The molecule has 0 amide bonds. The van der Waals surface area contributed by atoms with Crippen molar-refractivity contribution in [3.8, 4) is 6.01 Å². The first-order valence-corrected chi connectivity index (χ1v) is 7.32. The van der Waals surface area contributed by atoms with E-state index in [1.54, 1.807) is 0 Å². The number of hydrogen-bond donors (Lipinski definition) is 0. The number of ether oxygens (including phenoxy) is 1. The van der Waals surface area contributed by atoms with Gasteiger partial charge in [-0.2, -0.15) is 15.0 Å². The van der Waals surface area contributed by atoms with Crippen LogP contribution in [0.4, 0.5) is 5.95 Å². The maximum atomic E-state index is 5.93. The smallest absolute Gasteiger partial charge is 0.322 e. The molecule has 2 heterocycles. The van der Waals surface area contributed by atoms with Crippen LogP contribution in [0.2, 0.25) is 5.28 Å². The molecule has 0 aliphatic carbocycles. The summed E-state index contributed by atoms with van der Waals surface area (Å²) in [5.74, 6) is 0.599. The molecule has 2 rings (SSSR count). The minimum absolute atomic E-state index is 0.178. The molecule has 112 valence electrons. The highest BCUT2D eigenvalue weighted by Crippen LogP contribution is 2.20. The second kappa shape index (κ2) is 6.10. The van der Waals surface area contributed by atoms with E-state index in [9.17, 15) is 0 Å². The van der Waals surface area contributed by atoms with Crippen LogP contribution in [0.15, 0.2) is 0 Å². The summed E-state index contributed by atoms with van der Waals surface area (Å²) in [5.41, 5.74) is 0.194. The zero-order valence-electron chi connectivity index (χ0n) is 12.6. The molecule has 0 unspecified atom stereocenters. The van der Waals surface area contributed by atoms with Crippen molar-refractivity contribution in [2.45, 2.75) is 33.2 Å². The first kappa shape index (κ1) is 15.3. The van der Waals surface area contributed by atoms with Crippen LogP contribution >= 0.6 is 11.6 Å². The predicted octanol–water partition coefficient (Wildman–Crippen LogP) is 1.84. The molecule has 0 bridgehead atoms. The van der Waals surface area contributed by atoms with Crippen LogP contribution in [0.1, 0.15) is 27.7 Å². The van der Waals surface area contributed by atoms with Crippen molar-refractivity contribution in [2.75, 3.05) is 37.7 Å². The second-order valence-corrected chi connectivity index (χ2v) is 6.10. The second-order valence-electron chi connectivity index (χ2n) is 5.76. The lowest BCUT2D eigenvalue weighted by molar-refractivity contribution is 0.128. The average Bonchev–Trinajstić information content (AvgIpc) is 2.37. The molecular weight excluding hydrogens is 278 g/mol. The van der Waals surface area contributed by atoms with E-state index in [1.165, 1.54) is 0 Å². The van der Waals surface area contributed by atoms with Crippen molar-refractivity contribution in [3.63, 3.8) is 0 Å². The number of hydrogen-bond acceptors (Lipinski definition) is 6. The molecule has 0 spiro atoms.